The van der Waals surface area contributed by atoms with Crippen molar-refractivity contribution in [3.8, 4) is 0 Å². The first kappa shape index (κ1) is 13.5. The Morgan fingerprint density at radius 1 is 1.10 bits per heavy atom. The third-order valence-electron chi connectivity index (χ3n) is 4.19. The molecular formula is C18H20ClN. The Morgan fingerprint density at radius 3 is 2.50 bits per heavy atom. The van der Waals surface area contributed by atoms with Crippen molar-refractivity contribution >= 4 is 17.3 Å². The second kappa shape index (κ2) is 5.88. The fraction of sp³-hybridized carbons (Fsp3) is 0.333. The zero-order valence-corrected chi connectivity index (χ0v) is 12.5. The van der Waals surface area contributed by atoms with E-state index < -0.39 is 0 Å². The summed E-state index contributed by atoms with van der Waals surface area (Å²) in [5.74, 6) is 0.654. The van der Waals surface area contributed by atoms with Crippen molar-refractivity contribution in [3.63, 3.8) is 0 Å². The molecule has 20 heavy (non-hydrogen) atoms. The van der Waals surface area contributed by atoms with E-state index in [0.29, 0.717) is 12.0 Å². The second-order valence-electron chi connectivity index (χ2n) is 5.62. The van der Waals surface area contributed by atoms with Gasteiger partial charge >= 0.3 is 0 Å². The van der Waals surface area contributed by atoms with Crippen LogP contribution in [-0.2, 0) is 6.42 Å². The molecule has 0 aromatic heterocycles. The Morgan fingerprint density at radius 2 is 1.85 bits per heavy atom. The van der Waals surface area contributed by atoms with Crippen molar-refractivity contribution in [1.29, 1.82) is 0 Å². The van der Waals surface area contributed by atoms with E-state index in [1.807, 2.05) is 12.1 Å². The summed E-state index contributed by atoms with van der Waals surface area (Å²) in [7, 11) is 0. The number of aryl methyl sites for hydroxylation is 1. The van der Waals surface area contributed by atoms with Gasteiger partial charge in [-0.3, -0.25) is 0 Å². The average molecular weight is 286 g/mol. The Kier molecular flexibility index (Phi) is 3.98. The van der Waals surface area contributed by atoms with Gasteiger partial charge in [-0.2, -0.15) is 0 Å². The van der Waals surface area contributed by atoms with Crippen molar-refractivity contribution in [2.24, 2.45) is 0 Å². The molecule has 1 aliphatic carbocycles. The number of hydrogen-bond donors (Lipinski definition) is 1. The number of anilines is 1. The fourth-order valence-corrected chi connectivity index (χ4v) is 3.04. The molecule has 0 radical (unpaired) electrons. The molecule has 1 saturated carbocycles. The lowest BCUT2D eigenvalue weighted by atomic mass is 9.76. The zero-order valence-electron chi connectivity index (χ0n) is 11.8. The molecule has 0 saturated heterocycles. The molecule has 0 spiro atoms. The van der Waals surface area contributed by atoms with Crippen LogP contribution >= 0.6 is 11.6 Å². The Labute approximate surface area is 126 Å². The number of hydrogen-bond acceptors (Lipinski definition) is 1. The third kappa shape index (κ3) is 2.99. The Bertz CT molecular complexity index is 570. The van der Waals surface area contributed by atoms with Crippen LogP contribution in [0.5, 0.6) is 0 Å². The molecule has 1 nitrogen and oxygen atoms in total. The summed E-state index contributed by atoms with van der Waals surface area (Å²) in [4.78, 5) is 0. The summed E-state index contributed by atoms with van der Waals surface area (Å²) in [6.45, 7) is 2.18. The van der Waals surface area contributed by atoms with E-state index in [9.17, 15) is 0 Å². The molecule has 0 atom stereocenters. The van der Waals surface area contributed by atoms with Crippen molar-refractivity contribution in [1.82, 2.24) is 0 Å². The highest BCUT2D eigenvalue weighted by atomic mass is 35.5. The van der Waals surface area contributed by atoms with Gasteiger partial charge in [0.25, 0.3) is 0 Å². The zero-order chi connectivity index (χ0) is 13.9. The third-order valence-corrected chi connectivity index (χ3v) is 4.43. The highest BCUT2D eigenvalue weighted by Gasteiger charge is 2.30. The van der Waals surface area contributed by atoms with Gasteiger partial charge in [-0.25, -0.2) is 0 Å². The van der Waals surface area contributed by atoms with Crippen LogP contribution < -0.4 is 5.32 Å². The SMILES string of the molecule is CCc1ccc(NC2CC(c3cccc(Cl)c3)C2)cc1. The fourth-order valence-electron chi connectivity index (χ4n) is 2.84. The summed E-state index contributed by atoms with van der Waals surface area (Å²) in [6.07, 6.45) is 3.48. The van der Waals surface area contributed by atoms with Crippen LogP contribution in [0, 0.1) is 0 Å². The Hall–Kier alpha value is -1.47. The minimum absolute atomic E-state index is 0.589. The standard InChI is InChI=1S/C18H20ClN/c1-2-13-6-8-17(9-7-13)20-18-11-15(12-18)14-4-3-5-16(19)10-14/h3-10,15,18,20H,2,11-12H2,1H3. The number of halogens is 1. The Balaban J connectivity index is 1.55. The van der Waals surface area contributed by atoms with Crippen LogP contribution in [0.15, 0.2) is 48.5 Å². The first-order valence-electron chi connectivity index (χ1n) is 7.35. The maximum Gasteiger partial charge on any atom is 0.0408 e. The van der Waals surface area contributed by atoms with Gasteiger partial charge in [0.05, 0.1) is 0 Å². The van der Waals surface area contributed by atoms with E-state index >= 15 is 0 Å². The molecular weight excluding hydrogens is 266 g/mol. The molecule has 0 bridgehead atoms. The van der Waals surface area contributed by atoms with Gasteiger partial charge in [0.15, 0.2) is 0 Å². The van der Waals surface area contributed by atoms with Crippen LogP contribution in [0.4, 0.5) is 5.69 Å². The molecule has 2 heteroatoms. The molecule has 0 aliphatic heterocycles. The molecule has 1 aliphatic rings. The van der Waals surface area contributed by atoms with Crippen LogP contribution in [0.25, 0.3) is 0 Å². The summed E-state index contributed by atoms with van der Waals surface area (Å²) >= 11 is 6.05. The minimum atomic E-state index is 0.589. The van der Waals surface area contributed by atoms with E-state index in [0.717, 1.165) is 11.4 Å². The molecule has 1 fully saturated rings. The topological polar surface area (TPSA) is 12.0 Å². The predicted molar refractivity (Wildman–Crippen MR) is 86.7 cm³/mol. The average Bonchev–Trinajstić information content (AvgIpc) is 2.43. The summed E-state index contributed by atoms with van der Waals surface area (Å²) in [5, 5.41) is 4.45. The lowest BCUT2D eigenvalue weighted by Gasteiger charge is -2.37. The van der Waals surface area contributed by atoms with Crippen molar-refractivity contribution < 1.29 is 0 Å². The summed E-state index contributed by atoms with van der Waals surface area (Å²) in [5.41, 5.74) is 3.99. The van der Waals surface area contributed by atoms with Gasteiger partial charge in [-0.15, -0.1) is 0 Å². The van der Waals surface area contributed by atoms with Gasteiger partial charge in [0.2, 0.25) is 0 Å². The number of rotatable bonds is 4. The van der Waals surface area contributed by atoms with Gasteiger partial charge in [-0.05, 0) is 60.6 Å². The number of nitrogens with one attached hydrogen (secondary N) is 1. The molecule has 2 aromatic carbocycles. The lowest BCUT2D eigenvalue weighted by Crippen LogP contribution is -2.33. The molecule has 0 unspecified atom stereocenters. The van der Waals surface area contributed by atoms with E-state index in [1.165, 1.54) is 29.7 Å². The molecule has 1 N–H and O–H groups in total. The lowest BCUT2D eigenvalue weighted by molar-refractivity contribution is 0.374. The summed E-state index contributed by atoms with van der Waals surface area (Å²) in [6, 6.07) is 17.6. The first-order valence-corrected chi connectivity index (χ1v) is 7.73. The molecule has 0 heterocycles. The van der Waals surface area contributed by atoms with Crippen molar-refractivity contribution in [2.45, 2.75) is 38.1 Å². The maximum absolute atomic E-state index is 6.05. The number of benzene rings is 2. The van der Waals surface area contributed by atoms with Gasteiger partial charge in [-0.1, -0.05) is 42.8 Å². The largest absolute Gasteiger partial charge is 0.382 e. The molecule has 3 rings (SSSR count). The highest BCUT2D eigenvalue weighted by Crippen LogP contribution is 2.39. The normalized spacial score (nSPS) is 21.3. The van der Waals surface area contributed by atoms with Crippen LogP contribution in [0.2, 0.25) is 5.02 Å². The maximum atomic E-state index is 6.05. The highest BCUT2D eigenvalue weighted by molar-refractivity contribution is 6.30. The van der Waals surface area contributed by atoms with Gasteiger partial charge in [0, 0.05) is 16.8 Å². The van der Waals surface area contributed by atoms with E-state index in [1.54, 1.807) is 0 Å². The van der Waals surface area contributed by atoms with Crippen LogP contribution in [-0.4, -0.2) is 6.04 Å². The smallest absolute Gasteiger partial charge is 0.0408 e. The van der Waals surface area contributed by atoms with E-state index in [4.69, 9.17) is 11.6 Å². The van der Waals surface area contributed by atoms with E-state index in [-0.39, 0.29) is 0 Å². The first-order chi connectivity index (χ1) is 9.74. The molecule has 104 valence electrons. The van der Waals surface area contributed by atoms with Gasteiger partial charge in [0.1, 0.15) is 0 Å². The minimum Gasteiger partial charge on any atom is -0.382 e. The quantitative estimate of drug-likeness (QED) is 0.808. The van der Waals surface area contributed by atoms with Crippen molar-refractivity contribution in [2.75, 3.05) is 5.32 Å². The molecule has 2 aromatic rings. The van der Waals surface area contributed by atoms with Crippen molar-refractivity contribution in [3.05, 3.63) is 64.7 Å². The van der Waals surface area contributed by atoms with Crippen LogP contribution in [0.1, 0.15) is 36.8 Å². The van der Waals surface area contributed by atoms with Crippen LogP contribution in [0.3, 0.4) is 0 Å². The summed E-state index contributed by atoms with van der Waals surface area (Å²) < 4.78 is 0. The second-order valence-corrected chi connectivity index (χ2v) is 6.05. The molecule has 0 amide bonds. The monoisotopic (exact) mass is 285 g/mol. The van der Waals surface area contributed by atoms with Gasteiger partial charge < -0.3 is 5.32 Å². The van der Waals surface area contributed by atoms with E-state index in [2.05, 4.69) is 48.6 Å². The predicted octanol–water partition coefficient (Wildman–Crippen LogP) is 5.26.